The van der Waals surface area contributed by atoms with Gasteiger partial charge in [0.15, 0.2) is 0 Å². The van der Waals surface area contributed by atoms with Crippen LogP contribution in [-0.2, 0) is 12.8 Å². The molecule has 1 N–H and O–H groups in total. The van der Waals surface area contributed by atoms with Crippen LogP contribution in [0.3, 0.4) is 0 Å². The van der Waals surface area contributed by atoms with Gasteiger partial charge >= 0.3 is 0 Å². The van der Waals surface area contributed by atoms with Crippen molar-refractivity contribution in [3.8, 4) is 5.75 Å². The van der Waals surface area contributed by atoms with Gasteiger partial charge in [-0.15, -0.1) is 11.6 Å². The number of nitrogens with one attached hydrogen (secondary N) is 1. The summed E-state index contributed by atoms with van der Waals surface area (Å²) in [5.41, 5.74) is 3.73. The Kier molecular flexibility index (Phi) is 5.75. The van der Waals surface area contributed by atoms with Gasteiger partial charge in [0, 0.05) is 18.1 Å². The average Bonchev–Trinajstić information content (AvgIpc) is 2.50. The molecule has 0 aliphatic rings. The van der Waals surface area contributed by atoms with Gasteiger partial charge in [-0.2, -0.15) is 0 Å². The lowest BCUT2D eigenvalue weighted by Gasteiger charge is -2.08. The molecule has 0 atom stereocenters. The summed E-state index contributed by atoms with van der Waals surface area (Å²) in [5.74, 6) is 1.57. The molecule has 2 rings (SSSR count). The van der Waals surface area contributed by atoms with E-state index in [9.17, 15) is 0 Å². The molecule has 2 aromatic rings. The molecular weight excluding hydrogens is 270 g/mol. The minimum atomic E-state index is 0.671. The molecule has 0 fully saturated rings. The fourth-order valence-electron chi connectivity index (χ4n) is 2.04. The number of ether oxygens (including phenoxy) is 1. The summed E-state index contributed by atoms with van der Waals surface area (Å²) < 4.78 is 5.15. The van der Waals surface area contributed by atoms with Gasteiger partial charge in [0.25, 0.3) is 0 Å². The predicted octanol–water partition coefficient (Wildman–Crippen LogP) is 4.13. The number of rotatable bonds is 7. The summed E-state index contributed by atoms with van der Waals surface area (Å²) in [6.07, 6.45) is 1.92. The minimum absolute atomic E-state index is 0.671. The van der Waals surface area contributed by atoms with Crippen molar-refractivity contribution in [2.45, 2.75) is 12.8 Å². The Labute approximate surface area is 125 Å². The average molecular weight is 290 g/mol. The van der Waals surface area contributed by atoms with E-state index < -0.39 is 0 Å². The highest BCUT2D eigenvalue weighted by molar-refractivity contribution is 6.17. The van der Waals surface area contributed by atoms with Crippen molar-refractivity contribution in [1.82, 2.24) is 0 Å². The van der Waals surface area contributed by atoms with Crippen LogP contribution in [0.5, 0.6) is 5.75 Å². The topological polar surface area (TPSA) is 21.3 Å². The van der Waals surface area contributed by atoms with Crippen molar-refractivity contribution < 1.29 is 4.74 Å². The number of hydrogen-bond acceptors (Lipinski definition) is 2. The van der Waals surface area contributed by atoms with Gasteiger partial charge in [0.2, 0.25) is 0 Å². The molecule has 0 heterocycles. The third kappa shape index (κ3) is 4.46. The normalized spacial score (nSPS) is 10.3. The largest absolute Gasteiger partial charge is 0.497 e. The highest BCUT2D eigenvalue weighted by Gasteiger charge is 1.96. The second-order valence-corrected chi connectivity index (χ2v) is 5.04. The smallest absolute Gasteiger partial charge is 0.118 e. The van der Waals surface area contributed by atoms with Crippen LogP contribution < -0.4 is 10.1 Å². The molecule has 0 saturated carbocycles. The van der Waals surface area contributed by atoms with Gasteiger partial charge in [-0.25, -0.2) is 0 Å². The standard InChI is InChI=1S/C17H20ClNO/c1-20-17-8-4-15(5-9-17)11-13-19-16-6-2-14(3-7-16)10-12-18/h2-9,19H,10-13H2,1H3. The molecule has 3 heteroatoms. The molecule has 2 aromatic carbocycles. The molecule has 0 bridgehead atoms. The lowest BCUT2D eigenvalue weighted by atomic mass is 10.1. The SMILES string of the molecule is COc1ccc(CCNc2ccc(CCCl)cc2)cc1. The van der Waals surface area contributed by atoms with Crippen LogP contribution in [0.2, 0.25) is 0 Å². The third-order valence-corrected chi connectivity index (χ3v) is 3.43. The second-order valence-electron chi connectivity index (χ2n) is 4.66. The minimum Gasteiger partial charge on any atom is -0.497 e. The number of alkyl halides is 1. The zero-order chi connectivity index (χ0) is 14.2. The Bertz CT molecular complexity index is 508. The molecule has 0 aliphatic heterocycles. The zero-order valence-corrected chi connectivity index (χ0v) is 12.5. The first kappa shape index (κ1) is 14.7. The summed E-state index contributed by atoms with van der Waals surface area (Å²) in [4.78, 5) is 0. The van der Waals surface area contributed by atoms with Gasteiger partial charge in [-0.05, 0) is 48.2 Å². The number of methoxy groups -OCH3 is 1. The molecule has 0 amide bonds. The molecule has 0 radical (unpaired) electrons. The molecule has 0 aliphatic carbocycles. The van der Waals surface area contributed by atoms with E-state index in [0.29, 0.717) is 5.88 Å². The molecule has 0 spiro atoms. The molecule has 0 saturated heterocycles. The lowest BCUT2D eigenvalue weighted by molar-refractivity contribution is 0.414. The quantitative estimate of drug-likeness (QED) is 0.774. The number of halogens is 1. The second kappa shape index (κ2) is 7.81. The van der Waals surface area contributed by atoms with Gasteiger partial charge in [0.05, 0.1) is 7.11 Å². The van der Waals surface area contributed by atoms with E-state index in [1.54, 1.807) is 7.11 Å². The predicted molar refractivity (Wildman–Crippen MR) is 86.1 cm³/mol. The number of aryl methyl sites for hydroxylation is 1. The first-order chi connectivity index (χ1) is 9.81. The van der Waals surface area contributed by atoms with Crippen molar-refractivity contribution >= 4 is 17.3 Å². The highest BCUT2D eigenvalue weighted by atomic mass is 35.5. The van der Waals surface area contributed by atoms with Gasteiger partial charge in [0.1, 0.15) is 5.75 Å². The van der Waals surface area contributed by atoms with Crippen LogP contribution in [0.1, 0.15) is 11.1 Å². The Morgan fingerprint density at radius 3 is 2.10 bits per heavy atom. The lowest BCUT2D eigenvalue weighted by Crippen LogP contribution is -2.04. The van der Waals surface area contributed by atoms with Crippen LogP contribution in [0, 0.1) is 0 Å². The van der Waals surface area contributed by atoms with Crippen molar-refractivity contribution in [3.63, 3.8) is 0 Å². The first-order valence-corrected chi connectivity index (χ1v) is 7.37. The van der Waals surface area contributed by atoms with Gasteiger partial charge in [-0.3, -0.25) is 0 Å². The van der Waals surface area contributed by atoms with E-state index in [4.69, 9.17) is 16.3 Å². The van der Waals surface area contributed by atoms with Gasteiger partial charge in [-0.1, -0.05) is 24.3 Å². The first-order valence-electron chi connectivity index (χ1n) is 6.83. The number of hydrogen-bond donors (Lipinski definition) is 1. The Balaban J connectivity index is 1.79. The van der Waals surface area contributed by atoms with E-state index in [1.807, 2.05) is 12.1 Å². The van der Waals surface area contributed by atoms with Crippen LogP contribution in [0.25, 0.3) is 0 Å². The zero-order valence-electron chi connectivity index (χ0n) is 11.7. The molecule has 20 heavy (non-hydrogen) atoms. The van der Waals surface area contributed by atoms with Crippen LogP contribution in [0.4, 0.5) is 5.69 Å². The summed E-state index contributed by atoms with van der Waals surface area (Å²) >= 11 is 5.72. The number of anilines is 1. The van der Waals surface area contributed by atoms with Crippen molar-refractivity contribution in [1.29, 1.82) is 0 Å². The fourth-order valence-corrected chi connectivity index (χ4v) is 2.26. The summed E-state index contributed by atoms with van der Waals surface area (Å²) in [6.45, 7) is 0.918. The van der Waals surface area contributed by atoms with E-state index in [1.165, 1.54) is 11.1 Å². The maximum atomic E-state index is 5.72. The van der Waals surface area contributed by atoms with E-state index in [2.05, 4.69) is 41.7 Å². The van der Waals surface area contributed by atoms with Crippen molar-refractivity contribution in [2.24, 2.45) is 0 Å². The third-order valence-electron chi connectivity index (χ3n) is 3.24. The van der Waals surface area contributed by atoms with Crippen LogP contribution in [-0.4, -0.2) is 19.5 Å². The monoisotopic (exact) mass is 289 g/mol. The summed E-state index contributed by atoms with van der Waals surface area (Å²) in [5, 5.41) is 3.43. The van der Waals surface area contributed by atoms with Crippen LogP contribution in [0.15, 0.2) is 48.5 Å². The summed E-state index contributed by atoms with van der Waals surface area (Å²) in [7, 11) is 1.68. The van der Waals surface area contributed by atoms with E-state index >= 15 is 0 Å². The molecule has 2 nitrogen and oxygen atoms in total. The maximum absolute atomic E-state index is 5.72. The number of benzene rings is 2. The molecule has 106 valence electrons. The van der Waals surface area contributed by atoms with Gasteiger partial charge < -0.3 is 10.1 Å². The molecule has 0 aromatic heterocycles. The Morgan fingerprint density at radius 2 is 1.50 bits per heavy atom. The van der Waals surface area contributed by atoms with E-state index in [0.717, 1.165) is 30.8 Å². The van der Waals surface area contributed by atoms with Crippen molar-refractivity contribution in [2.75, 3.05) is 24.9 Å². The maximum Gasteiger partial charge on any atom is 0.118 e. The molecular formula is C17H20ClNO. The Hall–Kier alpha value is -1.67. The van der Waals surface area contributed by atoms with E-state index in [-0.39, 0.29) is 0 Å². The molecule has 0 unspecified atom stereocenters. The van der Waals surface area contributed by atoms with Crippen LogP contribution >= 0.6 is 11.6 Å². The Morgan fingerprint density at radius 1 is 0.900 bits per heavy atom. The fraction of sp³-hybridized carbons (Fsp3) is 0.294. The highest BCUT2D eigenvalue weighted by Crippen LogP contribution is 2.13. The summed E-state index contributed by atoms with van der Waals surface area (Å²) in [6, 6.07) is 16.7. The van der Waals surface area contributed by atoms with Crippen molar-refractivity contribution in [3.05, 3.63) is 59.7 Å².